The zero-order valence-electron chi connectivity index (χ0n) is 9.11. The molecule has 0 saturated carbocycles. The summed E-state index contributed by atoms with van der Waals surface area (Å²) in [6.45, 7) is 1.67. The van der Waals surface area contributed by atoms with Crippen LogP contribution in [0.4, 0.5) is 5.95 Å². The number of methoxy groups -OCH3 is 1. The van der Waals surface area contributed by atoms with Crippen LogP contribution in [0.15, 0.2) is 12.4 Å². The van der Waals surface area contributed by atoms with Gasteiger partial charge in [-0.15, -0.1) is 0 Å². The Bertz CT molecular complexity index is 279. The van der Waals surface area contributed by atoms with Gasteiger partial charge in [-0.3, -0.25) is 0 Å². The van der Waals surface area contributed by atoms with E-state index in [9.17, 15) is 0 Å². The van der Waals surface area contributed by atoms with E-state index in [1.54, 1.807) is 7.11 Å². The van der Waals surface area contributed by atoms with Crippen molar-refractivity contribution in [2.24, 2.45) is 0 Å². The van der Waals surface area contributed by atoms with Crippen LogP contribution in [0.3, 0.4) is 0 Å². The lowest BCUT2D eigenvalue weighted by Crippen LogP contribution is -2.21. The van der Waals surface area contributed by atoms with E-state index < -0.39 is 0 Å². The van der Waals surface area contributed by atoms with Crippen molar-refractivity contribution in [3.8, 4) is 0 Å². The van der Waals surface area contributed by atoms with Crippen molar-refractivity contribution in [3.05, 3.63) is 18.0 Å². The topological polar surface area (TPSA) is 38.2 Å². The number of anilines is 1. The van der Waals surface area contributed by atoms with Crippen LogP contribution in [0.2, 0.25) is 0 Å². The number of hydrogen-bond donors (Lipinski definition) is 0. The van der Waals surface area contributed by atoms with Gasteiger partial charge in [0.15, 0.2) is 0 Å². The molecule has 0 radical (unpaired) electrons. The third-order valence-electron chi connectivity index (χ3n) is 2.03. The lowest BCUT2D eigenvalue weighted by molar-refractivity contribution is 0.196. The Morgan fingerprint density at radius 3 is 2.60 bits per heavy atom. The van der Waals surface area contributed by atoms with Gasteiger partial charge in [-0.05, 0) is 12.0 Å². The Labute approximate surface area is 98.8 Å². The fourth-order valence-corrected chi connectivity index (χ4v) is 1.45. The summed E-state index contributed by atoms with van der Waals surface area (Å²) in [5, 5.41) is 0.792. The smallest absolute Gasteiger partial charge is 0.224 e. The van der Waals surface area contributed by atoms with Crippen LogP contribution in [-0.4, -0.2) is 37.3 Å². The molecule has 0 unspecified atom stereocenters. The molecule has 0 spiro atoms. The van der Waals surface area contributed by atoms with Crippen LogP contribution in [-0.2, 0) is 10.1 Å². The van der Waals surface area contributed by atoms with Gasteiger partial charge in [-0.2, -0.15) is 0 Å². The summed E-state index contributed by atoms with van der Waals surface area (Å²) in [6, 6.07) is 0. The quantitative estimate of drug-likeness (QED) is 0.586. The molecule has 0 N–H and O–H groups in total. The monoisotopic (exact) mass is 273 g/mol. The molecule has 0 aromatic carbocycles. The predicted octanol–water partition coefficient (Wildman–Crippen LogP) is 1.84. The standard InChI is InChI=1S/C10H16BrN3O/c1-14(4-3-5-15-2)10-12-7-9(6-11)8-13-10/h7-8H,3-6H2,1-2H3. The SMILES string of the molecule is COCCCN(C)c1ncc(CBr)cn1. The van der Waals surface area contributed by atoms with Crippen LogP contribution in [0, 0.1) is 0 Å². The maximum Gasteiger partial charge on any atom is 0.224 e. The zero-order chi connectivity index (χ0) is 11.1. The van der Waals surface area contributed by atoms with E-state index in [-0.39, 0.29) is 0 Å². The molecule has 1 rings (SSSR count). The van der Waals surface area contributed by atoms with E-state index in [1.807, 2.05) is 24.3 Å². The van der Waals surface area contributed by atoms with Crippen molar-refractivity contribution in [1.29, 1.82) is 0 Å². The minimum absolute atomic E-state index is 0.760. The molecule has 0 aliphatic heterocycles. The highest BCUT2D eigenvalue weighted by atomic mass is 79.9. The Morgan fingerprint density at radius 1 is 1.40 bits per heavy atom. The Kier molecular flexibility index (Phi) is 5.57. The second-order valence-electron chi connectivity index (χ2n) is 3.29. The van der Waals surface area contributed by atoms with Gasteiger partial charge in [0.1, 0.15) is 0 Å². The number of rotatable bonds is 6. The van der Waals surface area contributed by atoms with Crippen molar-refractivity contribution < 1.29 is 4.74 Å². The molecule has 0 saturated heterocycles. The molecular weight excluding hydrogens is 258 g/mol. The maximum absolute atomic E-state index is 4.99. The van der Waals surface area contributed by atoms with Crippen LogP contribution in [0.25, 0.3) is 0 Å². The zero-order valence-corrected chi connectivity index (χ0v) is 10.7. The molecule has 0 aliphatic carbocycles. The van der Waals surface area contributed by atoms with E-state index in [0.29, 0.717) is 0 Å². The summed E-state index contributed by atoms with van der Waals surface area (Å²) in [7, 11) is 3.69. The molecule has 0 amide bonds. The minimum atomic E-state index is 0.760. The van der Waals surface area contributed by atoms with Crippen molar-refractivity contribution in [3.63, 3.8) is 0 Å². The number of aromatic nitrogens is 2. The van der Waals surface area contributed by atoms with Crippen molar-refractivity contribution >= 4 is 21.9 Å². The summed E-state index contributed by atoms with van der Waals surface area (Å²) in [5.74, 6) is 0.760. The highest BCUT2D eigenvalue weighted by Gasteiger charge is 2.03. The van der Waals surface area contributed by atoms with Gasteiger partial charge < -0.3 is 9.64 Å². The van der Waals surface area contributed by atoms with Gasteiger partial charge in [0.05, 0.1) is 0 Å². The number of hydrogen-bond acceptors (Lipinski definition) is 4. The van der Waals surface area contributed by atoms with Gasteiger partial charge in [0, 0.05) is 45.0 Å². The molecule has 84 valence electrons. The molecule has 1 heterocycles. The molecule has 0 atom stereocenters. The lowest BCUT2D eigenvalue weighted by Gasteiger charge is -2.16. The van der Waals surface area contributed by atoms with E-state index in [0.717, 1.165) is 36.4 Å². The lowest BCUT2D eigenvalue weighted by atomic mass is 10.4. The van der Waals surface area contributed by atoms with Crippen molar-refractivity contribution in [2.75, 3.05) is 32.2 Å². The summed E-state index contributed by atoms with van der Waals surface area (Å²) in [5.41, 5.74) is 1.09. The molecule has 4 nitrogen and oxygen atoms in total. The molecule has 0 fully saturated rings. The van der Waals surface area contributed by atoms with E-state index in [1.165, 1.54) is 0 Å². The van der Waals surface area contributed by atoms with Crippen LogP contribution < -0.4 is 4.90 Å². The van der Waals surface area contributed by atoms with Gasteiger partial charge >= 0.3 is 0 Å². The third-order valence-corrected chi connectivity index (χ3v) is 2.68. The van der Waals surface area contributed by atoms with Crippen LogP contribution >= 0.6 is 15.9 Å². The number of halogens is 1. The Balaban J connectivity index is 2.46. The second kappa shape index (κ2) is 6.74. The molecular formula is C10H16BrN3O. The second-order valence-corrected chi connectivity index (χ2v) is 3.85. The molecule has 1 aromatic rings. The van der Waals surface area contributed by atoms with E-state index in [4.69, 9.17) is 4.74 Å². The first-order chi connectivity index (χ1) is 7.27. The Morgan fingerprint density at radius 2 is 2.07 bits per heavy atom. The first-order valence-electron chi connectivity index (χ1n) is 4.85. The largest absolute Gasteiger partial charge is 0.385 e. The number of ether oxygens (including phenoxy) is 1. The third kappa shape index (κ3) is 4.13. The summed E-state index contributed by atoms with van der Waals surface area (Å²) >= 11 is 3.36. The molecule has 0 aliphatic rings. The van der Waals surface area contributed by atoms with Crippen molar-refractivity contribution in [2.45, 2.75) is 11.8 Å². The summed E-state index contributed by atoms with van der Waals surface area (Å²) in [6.07, 6.45) is 4.66. The average Bonchev–Trinajstić information content (AvgIpc) is 2.29. The number of nitrogens with zero attached hydrogens (tertiary/aromatic N) is 3. The van der Waals surface area contributed by atoms with Gasteiger partial charge in [0.25, 0.3) is 0 Å². The minimum Gasteiger partial charge on any atom is -0.385 e. The van der Waals surface area contributed by atoms with E-state index >= 15 is 0 Å². The van der Waals surface area contributed by atoms with Crippen LogP contribution in [0.5, 0.6) is 0 Å². The number of alkyl halides is 1. The molecule has 0 bridgehead atoms. The highest BCUT2D eigenvalue weighted by molar-refractivity contribution is 9.08. The first kappa shape index (κ1) is 12.4. The normalized spacial score (nSPS) is 10.3. The summed E-state index contributed by atoms with van der Waals surface area (Å²) in [4.78, 5) is 10.6. The molecule has 1 aromatic heterocycles. The molecule has 5 heteroatoms. The fraction of sp³-hybridized carbons (Fsp3) is 0.600. The van der Waals surface area contributed by atoms with Gasteiger partial charge in [-0.25, -0.2) is 9.97 Å². The average molecular weight is 274 g/mol. The maximum atomic E-state index is 4.99. The van der Waals surface area contributed by atoms with Gasteiger partial charge in [0.2, 0.25) is 5.95 Å². The van der Waals surface area contributed by atoms with E-state index in [2.05, 4.69) is 25.9 Å². The fourth-order valence-electron chi connectivity index (χ4n) is 1.16. The van der Waals surface area contributed by atoms with Crippen molar-refractivity contribution in [1.82, 2.24) is 9.97 Å². The van der Waals surface area contributed by atoms with Crippen LogP contribution in [0.1, 0.15) is 12.0 Å². The first-order valence-corrected chi connectivity index (χ1v) is 5.97. The van der Waals surface area contributed by atoms with Gasteiger partial charge in [-0.1, -0.05) is 15.9 Å². The predicted molar refractivity (Wildman–Crippen MR) is 64.4 cm³/mol. The highest BCUT2D eigenvalue weighted by Crippen LogP contribution is 2.07. The Hall–Kier alpha value is -0.680. The summed E-state index contributed by atoms with van der Waals surface area (Å²) < 4.78 is 4.99. The molecule has 15 heavy (non-hydrogen) atoms.